The first kappa shape index (κ1) is 15.6. The third kappa shape index (κ3) is 2.94. The molecule has 0 amide bonds. The van der Waals surface area contributed by atoms with Crippen LogP contribution in [0.2, 0.25) is 0 Å². The van der Waals surface area contributed by atoms with Gasteiger partial charge in [0.1, 0.15) is 0 Å². The van der Waals surface area contributed by atoms with Crippen LogP contribution in [-0.4, -0.2) is 28.9 Å². The lowest BCUT2D eigenvalue weighted by molar-refractivity contribution is 0.110. The van der Waals surface area contributed by atoms with Crippen molar-refractivity contribution in [3.63, 3.8) is 0 Å². The van der Waals surface area contributed by atoms with E-state index < -0.39 is 0 Å². The van der Waals surface area contributed by atoms with Crippen molar-refractivity contribution in [3.8, 4) is 6.07 Å². The fourth-order valence-corrected chi connectivity index (χ4v) is 4.76. The van der Waals surface area contributed by atoms with Gasteiger partial charge in [0.15, 0.2) is 0 Å². The highest BCUT2D eigenvalue weighted by Gasteiger charge is 2.42. The molecule has 1 aromatic carbocycles. The van der Waals surface area contributed by atoms with Gasteiger partial charge < -0.3 is 5.73 Å². The standard InChI is InChI=1S/C18H23N3S/c1-18(21-9-4-7-17(20)13-21)16(8-10-22-18)11-14-5-2-3-6-15(14)12-19/h2-3,5-6,8,10,16-17H,4,7,9,11,13,20H2,1H3/t16?,17?,18-/m1/s1. The van der Waals surface area contributed by atoms with Crippen molar-refractivity contribution in [2.45, 2.75) is 37.1 Å². The van der Waals surface area contributed by atoms with Gasteiger partial charge in [0, 0.05) is 18.5 Å². The highest BCUT2D eigenvalue weighted by atomic mass is 32.2. The Morgan fingerprint density at radius 2 is 2.27 bits per heavy atom. The Balaban J connectivity index is 1.80. The summed E-state index contributed by atoms with van der Waals surface area (Å²) >= 11 is 1.90. The van der Waals surface area contributed by atoms with Gasteiger partial charge in [0.05, 0.1) is 16.5 Å². The number of nitrogens with zero attached hydrogens (tertiary/aromatic N) is 2. The quantitative estimate of drug-likeness (QED) is 0.931. The lowest BCUT2D eigenvalue weighted by Crippen LogP contribution is -2.54. The smallest absolute Gasteiger partial charge is 0.0994 e. The second-order valence-electron chi connectivity index (χ2n) is 6.43. The SMILES string of the molecule is C[C@@]1(N2CCCC(N)C2)SC=CC1Cc1ccccc1C#N. The number of benzene rings is 1. The number of nitrogens with two attached hydrogens (primary N) is 1. The molecule has 2 N–H and O–H groups in total. The Kier molecular flexibility index (Phi) is 4.58. The maximum Gasteiger partial charge on any atom is 0.0994 e. The molecule has 1 aromatic rings. The first-order valence-corrected chi connectivity index (χ1v) is 8.84. The molecule has 0 bridgehead atoms. The van der Waals surface area contributed by atoms with Crippen molar-refractivity contribution in [3.05, 3.63) is 46.9 Å². The second kappa shape index (κ2) is 6.45. The first-order chi connectivity index (χ1) is 10.6. The molecule has 0 aromatic heterocycles. The number of hydrogen-bond donors (Lipinski definition) is 1. The number of hydrogen-bond acceptors (Lipinski definition) is 4. The van der Waals surface area contributed by atoms with E-state index in [-0.39, 0.29) is 4.87 Å². The summed E-state index contributed by atoms with van der Waals surface area (Å²) in [5, 5.41) is 11.5. The zero-order valence-corrected chi connectivity index (χ0v) is 13.9. The normalized spacial score (nSPS) is 32.0. The monoisotopic (exact) mass is 313 g/mol. The van der Waals surface area contributed by atoms with Crippen LogP contribution in [0, 0.1) is 17.2 Å². The summed E-state index contributed by atoms with van der Waals surface area (Å²) < 4.78 is 0. The summed E-state index contributed by atoms with van der Waals surface area (Å²) in [5.41, 5.74) is 8.13. The van der Waals surface area contributed by atoms with E-state index in [4.69, 9.17) is 5.73 Å². The highest BCUT2D eigenvalue weighted by molar-refractivity contribution is 8.03. The molecule has 2 unspecified atom stereocenters. The van der Waals surface area contributed by atoms with E-state index in [9.17, 15) is 5.26 Å². The molecule has 0 spiro atoms. The average Bonchev–Trinajstić information content (AvgIpc) is 2.90. The number of thioether (sulfide) groups is 1. The van der Waals surface area contributed by atoms with Crippen LogP contribution >= 0.6 is 11.8 Å². The van der Waals surface area contributed by atoms with Crippen LogP contribution in [-0.2, 0) is 6.42 Å². The minimum Gasteiger partial charge on any atom is -0.327 e. The van der Waals surface area contributed by atoms with Crippen LogP contribution in [0.4, 0.5) is 0 Å². The van der Waals surface area contributed by atoms with Crippen LogP contribution in [0.1, 0.15) is 30.9 Å². The van der Waals surface area contributed by atoms with Crippen LogP contribution in [0.5, 0.6) is 0 Å². The summed E-state index contributed by atoms with van der Waals surface area (Å²) in [7, 11) is 0. The van der Waals surface area contributed by atoms with Gasteiger partial charge in [-0.15, -0.1) is 11.8 Å². The largest absolute Gasteiger partial charge is 0.327 e. The number of likely N-dealkylation sites (tertiary alicyclic amines) is 1. The summed E-state index contributed by atoms with van der Waals surface area (Å²) in [5.74, 6) is 0.414. The predicted octanol–water partition coefficient (Wildman–Crippen LogP) is 3.12. The van der Waals surface area contributed by atoms with Crippen LogP contribution in [0.25, 0.3) is 0 Å². The Morgan fingerprint density at radius 1 is 1.45 bits per heavy atom. The van der Waals surface area contributed by atoms with Gasteiger partial charge >= 0.3 is 0 Å². The van der Waals surface area contributed by atoms with Crippen molar-refractivity contribution < 1.29 is 0 Å². The molecule has 0 aliphatic carbocycles. The van der Waals surface area contributed by atoms with Crippen molar-refractivity contribution >= 4 is 11.8 Å². The van der Waals surface area contributed by atoms with E-state index in [1.54, 1.807) is 0 Å². The topological polar surface area (TPSA) is 53.0 Å². The van der Waals surface area contributed by atoms with Crippen LogP contribution in [0.3, 0.4) is 0 Å². The predicted molar refractivity (Wildman–Crippen MR) is 92.3 cm³/mol. The molecule has 0 radical (unpaired) electrons. The summed E-state index contributed by atoms with van der Waals surface area (Å²) in [6, 6.07) is 10.6. The lowest BCUT2D eigenvalue weighted by atomic mass is 9.88. The maximum absolute atomic E-state index is 9.31. The third-order valence-corrected chi connectivity index (χ3v) is 6.30. The van der Waals surface area contributed by atoms with Crippen molar-refractivity contribution in [2.75, 3.05) is 13.1 Å². The van der Waals surface area contributed by atoms with E-state index in [0.29, 0.717) is 12.0 Å². The summed E-state index contributed by atoms with van der Waals surface area (Å²) in [6.45, 7) is 4.42. The van der Waals surface area contributed by atoms with Gasteiger partial charge in [-0.05, 0) is 49.8 Å². The van der Waals surface area contributed by atoms with Crippen molar-refractivity contribution in [1.82, 2.24) is 4.90 Å². The van der Waals surface area contributed by atoms with E-state index in [0.717, 1.165) is 37.1 Å². The third-order valence-electron chi connectivity index (χ3n) is 4.97. The van der Waals surface area contributed by atoms with E-state index >= 15 is 0 Å². The molecule has 2 aliphatic heterocycles. The molecular weight excluding hydrogens is 290 g/mol. The lowest BCUT2D eigenvalue weighted by Gasteiger charge is -2.45. The molecule has 2 aliphatic rings. The number of rotatable bonds is 3. The second-order valence-corrected chi connectivity index (χ2v) is 7.76. The van der Waals surface area contributed by atoms with E-state index in [1.165, 1.54) is 6.42 Å². The number of nitriles is 1. The zero-order valence-electron chi connectivity index (χ0n) is 13.0. The Hall–Kier alpha value is -1.28. The molecule has 2 heterocycles. The summed E-state index contributed by atoms with van der Waals surface area (Å²) in [4.78, 5) is 2.60. The van der Waals surface area contributed by atoms with Crippen molar-refractivity contribution in [2.24, 2.45) is 11.7 Å². The van der Waals surface area contributed by atoms with E-state index in [2.05, 4.69) is 35.4 Å². The molecule has 3 nitrogen and oxygen atoms in total. The minimum absolute atomic E-state index is 0.0562. The fraction of sp³-hybridized carbons (Fsp3) is 0.500. The van der Waals surface area contributed by atoms with Gasteiger partial charge in [-0.3, -0.25) is 4.90 Å². The molecule has 3 rings (SSSR count). The van der Waals surface area contributed by atoms with E-state index in [1.807, 2.05) is 30.0 Å². The Labute approximate surface area is 137 Å². The van der Waals surface area contributed by atoms with Gasteiger partial charge in [0.2, 0.25) is 0 Å². The number of piperidine rings is 1. The zero-order chi connectivity index (χ0) is 15.6. The Morgan fingerprint density at radius 3 is 3.05 bits per heavy atom. The van der Waals surface area contributed by atoms with Gasteiger partial charge in [-0.2, -0.15) is 5.26 Å². The fourth-order valence-electron chi connectivity index (χ4n) is 3.56. The molecule has 3 atom stereocenters. The molecule has 0 saturated carbocycles. The summed E-state index contributed by atoms with van der Waals surface area (Å²) in [6.07, 6.45) is 5.53. The van der Waals surface area contributed by atoms with Gasteiger partial charge in [-0.25, -0.2) is 0 Å². The molecule has 116 valence electrons. The van der Waals surface area contributed by atoms with Crippen LogP contribution < -0.4 is 5.73 Å². The highest BCUT2D eigenvalue weighted by Crippen LogP contribution is 2.46. The minimum atomic E-state index is 0.0562. The van der Waals surface area contributed by atoms with Gasteiger partial charge in [0.25, 0.3) is 0 Å². The van der Waals surface area contributed by atoms with Crippen LogP contribution in [0.15, 0.2) is 35.7 Å². The molecule has 4 heteroatoms. The maximum atomic E-state index is 9.31. The molecule has 22 heavy (non-hydrogen) atoms. The van der Waals surface area contributed by atoms with Crippen molar-refractivity contribution in [1.29, 1.82) is 5.26 Å². The first-order valence-electron chi connectivity index (χ1n) is 7.96. The van der Waals surface area contributed by atoms with Gasteiger partial charge in [-0.1, -0.05) is 24.3 Å². The molecule has 1 saturated heterocycles. The molecule has 1 fully saturated rings. The molecular formula is C18H23N3S. The average molecular weight is 313 g/mol. The Bertz CT molecular complexity index is 607.